The zero-order valence-electron chi connectivity index (χ0n) is 13.4. The molecular formula is C16H20N4O2S. The molecule has 0 unspecified atom stereocenters. The summed E-state index contributed by atoms with van der Waals surface area (Å²) < 4.78 is 5.07. The highest BCUT2D eigenvalue weighted by molar-refractivity contribution is 7.98. The first kappa shape index (κ1) is 16.0. The molecule has 2 aromatic rings. The van der Waals surface area contributed by atoms with Crippen LogP contribution < -0.4 is 0 Å². The van der Waals surface area contributed by atoms with Crippen LogP contribution in [-0.2, 0) is 5.75 Å². The van der Waals surface area contributed by atoms with Gasteiger partial charge in [-0.2, -0.15) is 0 Å². The normalized spacial score (nSPS) is 15.8. The number of aromatic nitrogens is 2. The number of rotatable bonds is 4. The predicted octanol–water partition coefficient (Wildman–Crippen LogP) is 2.06. The van der Waals surface area contributed by atoms with E-state index >= 15 is 0 Å². The van der Waals surface area contributed by atoms with Crippen LogP contribution in [-0.4, -0.2) is 59.1 Å². The molecule has 3 heterocycles. The molecule has 0 saturated carbocycles. The molecule has 6 nitrogen and oxygen atoms in total. The molecule has 1 amide bonds. The summed E-state index contributed by atoms with van der Waals surface area (Å²) >= 11 is 1.51. The van der Waals surface area contributed by atoms with E-state index in [1.807, 2.05) is 30.0 Å². The quantitative estimate of drug-likeness (QED) is 0.799. The summed E-state index contributed by atoms with van der Waals surface area (Å²) in [4.78, 5) is 21.3. The van der Waals surface area contributed by atoms with Crippen molar-refractivity contribution in [1.82, 2.24) is 19.9 Å². The number of carbonyl (C=O) groups excluding carboxylic acids is 1. The van der Waals surface area contributed by atoms with Gasteiger partial charge >= 0.3 is 0 Å². The summed E-state index contributed by atoms with van der Waals surface area (Å²) in [5.41, 5.74) is 1.53. The molecular weight excluding hydrogens is 312 g/mol. The molecule has 1 saturated heterocycles. The van der Waals surface area contributed by atoms with E-state index in [-0.39, 0.29) is 5.91 Å². The molecule has 0 radical (unpaired) electrons. The number of pyridine rings is 1. The highest BCUT2D eigenvalue weighted by atomic mass is 32.2. The SMILES string of the molecule is Cc1cc(CSc2ncccc2C(=O)N2CCN(C)CC2)no1. The first-order chi connectivity index (χ1) is 11.1. The van der Waals surface area contributed by atoms with Crippen molar-refractivity contribution >= 4 is 17.7 Å². The Balaban J connectivity index is 1.71. The standard InChI is InChI=1S/C16H20N4O2S/c1-12-10-13(18-22-12)11-23-15-14(4-3-5-17-15)16(21)20-8-6-19(2)7-9-20/h3-5,10H,6-9,11H2,1-2H3. The minimum Gasteiger partial charge on any atom is -0.361 e. The van der Waals surface area contributed by atoms with E-state index in [1.54, 1.807) is 6.20 Å². The number of aryl methyl sites for hydroxylation is 1. The molecule has 1 aliphatic heterocycles. The average molecular weight is 332 g/mol. The van der Waals surface area contributed by atoms with Gasteiger partial charge in [-0.3, -0.25) is 4.79 Å². The van der Waals surface area contributed by atoms with Crippen LogP contribution in [0.2, 0.25) is 0 Å². The van der Waals surface area contributed by atoms with Gasteiger partial charge in [0.15, 0.2) is 0 Å². The van der Waals surface area contributed by atoms with Crippen molar-refractivity contribution in [2.75, 3.05) is 33.2 Å². The lowest BCUT2D eigenvalue weighted by molar-refractivity contribution is 0.0660. The van der Waals surface area contributed by atoms with Crippen LogP contribution in [0, 0.1) is 6.92 Å². The molecule has 23 heavy (non-hydrogen) atoms. The molecule has 2 aromatic heterocycles. The molecule has 1 fully saturated rings. The van der Waals surface area contributed by atoms with Crippen LogP contribution in [0.4, 0.5) is 0 Å². The van der Waals surface area contributed by atoms with Gasteiger partial charge in [-0.25, -0.2) is 4.98 Å². The molecule has 0 spiro atoms. The Kier molecular flexibility index (Phi) is 4.97. The first-order valence-electron chi connectivity index (χ1n) is 7.61. The Labute approximate surface area is 139 Å². The number of piperazine rings is 1. The van der Waals surface area contributed by atoms with Gasteiger partial charge in [0, 0.05) is 44.2 Å². The van der Waals surface area contributed by atoms with E-state index in [9.17, 15) is 4.79 Å². The Morgan fingerprint density at radius 1 is 1.35 bits per heavy atom. The number of hydrogen-bond acceptors (Lipinski definition) is 6. The second-order valence-electron chi connectivity index (χ2n) is 5.67. The highest BCUT2D eigenvalue weighted by Gasteiger charge is 2.23. The van der Waals surface area contributed by atoms with Gasteiger partial charge < -0.3 is 14.3 Å². The lowest BCUT2D eigenvalue weighted by Gasteiger charge is -2.32. The maximum Gasteiger partial charge on any atom is 0.256 e. The lowest BCUT2D eigenvalue weighted by Crippen LogP contribution is -2.47. The van der Waals surface area contributed by atoms with Gasteiger partial charge in [0.1, 0.15) is 10.8 Å². The van der Waals surface area contributed by atoms with Gasteiger partial charge in [0.2, 0.25) is 0 Å². The van der Waals surface area contributed by atoms with Gasteiger partial charge in [-0.05, 0) is 26.1 Å². The lowest BCUT2D eigenvalue weighted by atomic mass is 10.2. The molecule has 0 aromatic carbocycles. The summed E-state index contributed by atoms with van der Waals surface area (Å²) in [5.74, 6) is 1.48. The second-order valence-corrected chi connectivity index (χ2v) is 6.63. The molecule has 0 aliphatic carbocycles. The molecule has 7 heteroatoms. The Morgan fingerprint density at radius 2 is 2.13 bits per heavy atom. The number of likely N-dealkylation sites (N-methyl/N-ethyl adjacent to an activating group) is 1. The summed E-state index contributed by atoms with van der Waals surface area (Å²) in [5, 5.41) is 4.73. The monoisotopic (exact) mass is 332 g/mol. The van der Waals surface area contributed by atoms with E-state index in [0.29, 0.717) is 11.3 Å². The molecule has 122 valence electrons. The number of carbonyl (C=O) groups is 1. The maximum absolute atomic E-state index is 12.8. The summed E-state index contributed by atoms with van der Waals surface area (Å²) in [6, 6.07) is 5.57. The second kappa shape index (κ2) is 7.14. The van der Waals surface area contributed by atoms with Crippen molar-refractivity contribution in [2.24, 2.45) is 0 Å². The largest absolute Gasteiger partial charge is 0.361 e. The third-order valence-corrected chi connectivity index (χ3v) is 4.86. The van der Waals surface area contributed by atoms with Crippen LogP contribution in [0.1, 0.15) is 21.8 Å². The Bertz CT molecular complexity index is 680. The van der Waals surface area contributed by atoms with E-state index in [2.05, 4.69) is 22.1 Å². The van der Waals surface area contributed by atoms with Gasteiger partial charge in [-0.15, -0.1) is 0 Å². The topological polar surface area (TPSA) is 62.5 Å². The van der Waals surface area contributed by atoms with Crippen molar-refractivity contribution in [1.29, 1.82) is 0 Å². The minimum atomic E-state index is 0.0602. The van der Waals surface area contributed by atoms with E-state index in [1.165, 1.54) is 11.8 Å². The number of nitrogens with zero attached hydrogens (tertiary/aromatic N) is 4. The smallest absolute Gasteiger partial charge is 0.256 e. The van der Waals surface area contributed by atoms with Crippen LogP contribution in [0.5, 0.6) is 0 Å². The Morgan fingerprint density at radius 3 is 2.83 bits per heavy atom. The number of hydrogen-bond donors (Lipinski definition) is 0. The average Bonchev–Trinajstić information content (AvgIpc) is 2.99. The van der Waals surface area contributed by atoms with Crippen molar-refractivity contribution < 1.29 is 9.32 Å². The van der Waals surface area contributed by atoms with Crippen LogP contribution in [0.3, 0.4) is 0 Å². The van der Waals surface area contributed by atoms with Crippen molar-refractivity contribution in [3.8, 4) is 0 Å². The number of amides is 1. The summed E-state index contributed by atoms with van der Waals surface area (Å²) in [7, 11) is 2.08. The third-order valence-electron chi connectivity index (χ3n) is 3.83. The van der Waals surface area contributed by atoms with E-state index < -0.39 is 0 Å². The fraction of sp³-hybridized carbons (Fsp3) is 0.438. The molecule has 3 rings (SSSR count). The van der Waals surface area contributed by atoms with Crippen molar-refractivity contribution in [3.05, 3.63) is 41.4 Å². The fourth-order valence-corrected chi connectivity index (χ4v) is 3.34. The molecule has 0 N–H and O–H groups in total. The first-order valence-corrected chi connectivity index (χ1v) is 8.60. The molecule has 1 aliphatic rings. The fourth-order valence-electron chi connectivity index (χ4n) is 2.48. The minimum absolute atomic E-state index is 0.0602. The highest BCUT2D eigenvalue weighted by Crippen LogP contribution is 2.25. The van der Waals surface area contributed by atoms with Gasteiger partial charge in [-0.1, -0.05) is 16.9 Å². The van der Waals surface area contributed by atoms with Gasteiger partial charge in [0.05, 0.1) is 11.3 Å². The van der Waals surface area contributed by atoms with Crippen molar-refractivity contribution in [3.63, 3.8) is 0 Å². The summed E-state index contributed by atoms with van der Waals surface area (Å²) in [6.07, 6.45) is 1.72. The Hall–Kier alpha value is -1.86. The zero-order chi connectivity index (χ0) is 16.2. The number of thioether (sulfide) groups is 1. The maximum atomic E-state index is 12.8. The van der Waals surface area contributed by atoms with E-state index in [0.717, 1.165) is 42.7 Å². The van der Waals surface area contributed by atoms with Crippen LogP contribution in [0.25, 0.3) is 0 Å². The van der Waals surface area contributed by atoms with E-state index in [4.69, 9.17) is 4.52 Å². The molecule has 0 atom stereocenters. The predicted molar refractivity (Wildman–Crippen MR) is 88.4 cm³/mol. The zero-order valence-corrected chi connectivity index (χ0v) is 14.2. The van der Waals surface area contributed by atoms with Crippen molar-refractivity contribution in [2.45, 2.75) is 17.7 Å². The molecule has 0 bridgehead atoms. The summed E-state index contributed by atoms with van der Waals surface area (Å²) in [6.45, 7) is 5.21. The van der Waals surface area contributed by atoms with Gasteiger partial charge in [0.25, 0.3) is 5.91 Å². The van der Waals surface area contributed by atoms with Crippen LogP contribution >= 0.6 is 11.8 Å². The third kappa shape index (κ3) is 3.92. The van der Waals surface area contributed by atoms with Crippen LogP contribution in [0.15, 0.2) is 33.9 Å².